The number of aliphatic imine (C=N–C) groups is 1. The maximum atomic E-state index is 6.64. The van der Waals surface area contributed by atoms with Gasteiger partial charge in [-0.05, 0) is 53.9 Å². The van der Waals surface area contributed by atoms with Crippen molar-refractivity contribution in [1.82, 2.24) is 15.1 Å². The second-order valence-electron chi connectivity index (χ2n) is 9.22. The molecule has 0 aliphatic carbocycles. The van der Waals surface area contributed by atoms with Crippen molar-refractivity contribution in [3.05, 3.63) is 99.7 Å². The Hall–Kier alpha value is -3.72. The van der Waals surface area contributed by atoms with E-state index in [0.29, 0.717) is 39.9 Å². The summed E-state index contributed by atoms with van der Waals surface area (Å²) in [7, 11) is 0. The van der Waals surface area contributed by atoms with E-state index in [4.69, 9.17) is 39.4 Å². The summed E-state index contributed by atoms with van der Waals surface area (Å²) in [6.45, 7) is 1.40. The van der Waals surface area contributed by atoms with Gasteiger partial charge in [0, 0.05) is 28.8 Å². The van der Waals surface area contributed by atoms with Crippen LogP contribution in [0.25, 0.3) is 0 Å². The first-order chi connectivity index (χ1) is 17.9. The fourth-order valence-electron chi connectivity index (χ4n) is 5.12. The van der Waals surface area contributed by atoms with Crippen LogP contribution in [0.5, 0.6) is 11.5 Å². The molecule has 3 heterocycles. The van der Waals surface area contributed by atoms with Gasteiger partial charge in [-0.3, -0.25) is 5.10 Å². The third-order valence-corrected chi connectivity index (χ3v) is 7.15. The van der Waals surface area contributed by atoms with Crippen molar-refractivity contribution < 1.29 is 4.74 Å². The lowest BCUT2D eigenvalue weighted by Gasteiger charge is -2.44. The van der Waals surface area contributed by atoms with Crippen molar-refractivity contribution >= 4 is 40.7 Å². The lowest BCUT2D eigenvalue weighted by molar-refractivity contribution is 0.229. The van der Waals surface area contributed by atoms with Crippen LogP contribution in [0, 0.1) is 0 Å². The van der Waals surface area contributed by atoms with Gasteiger partial charge in [0.2, 0.25) is 0 Å². The van der Waals surface area contributed by atoms with Gasteiger partial charge in [0.25, 0.3) is 0 Å². The number of aromatic amines is 1. The van der Waals surface area contributed by atoms with Crippen LogP contribution in [0.4, 0.5) is 11.5 Å². The minimum absolute atomic E-state index is 0.0322. The quantitative estimate of drug-likeness (QED) is 0.318. The number of nitrogens with two attached hydrogens (primary N) is 2. The van der Waals surface area contributed by atoms with Crippen LogP contribution >= 0.6 is 23.2 Å². The normalized spacial score (nSPS) is 18.7. The maximum absolute atomic E-state index is 6.64. The van der Waals surface area contributed by atoms with Crippen LogP contribution in [-0.2, 0) is 13.0 Å². The van der Waals surface area contributed by atoms with Crippen molar-refractivity contribution in [3.8, 4) is 11.5 Å². The highest BCUT2D eigenvalue weighted by molar-refractivity contribution is 6.34. The lowest BCUT2D eigenvalue weighted by Crippen LogP contribution is -2.56. The summed E-state index contributed by atoms with van der Waals surface area (Å²) < 4.78 is 6.06. The van der Waals surface area contributed by atoms with Gasteiger partial charge < -0.3 is 26.0 Å². The molecule has 0 spiro atoms. The highest BCUT2D eigenvalue weighted by Crippen LogP contribution is 2.36. The van der Waals surface area contributed by atoms with Crippen molar-refractivity contribution in [2.75, 3.05) is 11.4 Å². The molecule has 0 bridgehead atoms. The molecule has 6 rings (SSSR count). The molecule has 0 radical (unpaired) electrons. The highest BCUT2D eigenvalue weighted by Gasteiger charge is 2.36. The van der Waals surface area contributed by atoms with Crippen LogP contribution in [0.1, 0.15) is 22.9 Å². The van der Waals surface area contributed by atoms with E-state index in [1.54, 1.807) is 24.4 Å². The molecule has 2 aliphatic heterocycles. The Labute approximate surface area is 224 Å². The molecule has 3 aromatic carbocycles. The summed E-state index contributed by atoms with van der Waals surface area (Å²) in [5.74, 6) is 2.31. The van der Waals surface area contributed by atoms with Gasteiger partial charge in [0.15, 0.2) is 11.8 Å². The van der Waals surface area contributed by atoms with Gasteiger partial charge in [-0.25, -0.2) is 0 Å². The molecule has 2 unspecified atom stereocenters. The molecule has 5 N–H and O–H groups in total. The zero-order valence-electron chi connectivity index (χ0n) is 19.8. The average molecular weight is 534 g/mol. The van der Waals surface area contributed by atoms with Crippen LogP contribution in [0.3, 0.4) is 0 Å². The molecular weight excluding hydrogens is 509 g/mol. The number of nitrogens with zero attached hydrogens (tertiary/aromatic N) is 4. The molecule has 2 aliphatic rings. The second kappa shape index (κ2) is 9.63. The molecule has 188 valence electrons. The fraction of sp³-hybridized carbons (Fsp3) is 0.185. The number of anilines is 1. The third-order valence-electron chi connectivity index (χ3n) is 6.71. The smallest absolute Gasteiger partial charge is 0.199 e. The van der Waals surface area contributed by atoms with E-state index in [-0.39, 0.29) is 6.04 Å². The van der Waals surface area contributed by atoms with Gasteiger partial charge in [0.1, 0.15) is 17.7 Å². The molecular formula is C27H25Cl2N7O. The third kappa shape index (κ3) is 4.71. The molecule has 8 nitrogen and oxygen atoms in total. The molecule has 0 saturated carbocycles. The number of aromatic nitrogens is 2. The van der Waals surface area contributed by atoms with E-state index in [0.717, 1.165) is 24.1 Å². The van der Waals surface area contributed by atoms with E-state index in [1.807, 2.05) is 23.1 Å². The number of benzene rings is 3. The van der Waals surface area contributed by atoms with E-state index in [1.165, 1.54) is 11.3 Å². The van der Waals surface area contributed by atoms with Crippen molar-refractivity contribution in [3.63, 3.8) is 0 Å². The van der Waals surface area contributed by atoms with Crippen LogP contribution in [-0.4, -0.2) is 33.6 Å². The van der Waals surface area contributed by atoms with E-state index >= 15 is 0 Å². The highest BCUT2D eigenvalue weighted by atomic mass is 35.5. The van der Waals surface area contributed by atoms with Gasteiger partial charge in [-0.1, -0.05) is 53.5 Å². The predicted molar refractivity (Wildman–Crippen MR) is 147 cm³/mol. The van der Waals surface area contributed by atoms with Gasteiger partial charge in [-0.2, -0.15) is 10.1 Å². The standard InChI is InChI=1S/C27H25Cl2N7O/c28-18-10-19(29)12-22(11-18)37-21-6-3-4-16(8-21)14-35-15-20(9-17-5-1-2-7-24(17)35)36-25(30)23-13-32-34-26(23)33-27(36)31/h1-8,10-13,20,25H,9,14-15,30H2,(H3,31,32,33,34). The molecule has 0 fully saturated rings. The summed E-state index contributed by atoms with van der Waals surface area (Å²) in [5, 5.41) is 8.01. The number of ether oxygens (including phenoxy) is 1. The Morgan fingerprint density at radius 3 is 2.65 bits per heavy atom. The minimum atomic E-state index is -0.426. The number of guanidine groups is 1. The number of halogens is 2. The first-order valence-electron chi connectivity index (χ1n) is 11.9. The maximum Gasteiger partial charge on any atom is 0.199 e. The Balaban J connectivity index is 1.27. The van der Waals surface area contributed by atoms with Crippen molar-refractivity contribution in [2.45, 2.75) is 25.2 Å². The minimum Gasteiger partial charge on any atom is -0.457 e. The number of hydrogen-bond acceptors (Lipinski definition) is 7. The Morgan fingerprint density at radius 1 is 1.00 bits per heavy atom. The topological polar surface area (TPSA) is 109 Å². The predicted octanol–water partition coefficient (Wildman–Crippen LogP) is 5.36. The number of nitrogens with one attached hydrogen (secondary N) is 1. The summed E-state index contributed by atoms with van der Waals surface area (Å²) in [4.78, 5) is 8.86. The molecule has 2 atom stereocenters. The fourth-order valence-corrected chi connectivity index (χ4v) is 5.63. The number of hydrogen-bond donors (Lipinski definition) is 3. The van der Waals surface area contributed by atoms with E-state index < -0.39 is 6.17 Å². The number of para-hydroxylation sites is 1. The molecule has 10 heteroatoms. The van der Waals surface area contributed by atoms with Crippen molar-refractivity contribution in [2.24, 2.45) is 16.5 Å². The Kier molecular flexibility index (Phi) is 6.16. The lowest BCUT2D eigenvalue weighted by atomic mass is 9.95. The van der Waals surface area contributed by atoms with Crippen LogP contribution in [0.15, 0.2) is 77.9 Å². The Bertz CT molecular complexity index is 1470. The second-order valence-corrected chi connectivity index (χ2v) is 10.1. The van der Waals surface area contributed by atoms with Crippen LogP contribution in [0.2, 0.25) is 10.0 Å². The average Bonchev–Trinajstić information content (AvgIpc) is 3.32. The zero-order chi connectivity index (χ0) is 25.5. The molecule has 0 saturated heterocycles. The van der Waals surface area contributed by atoms with Crippen LogP contribution < -0.4 is 21.1 Å². The van der Waals surface area contributed by atoms with E-state index in [2.05, 4.69) is 50.4 Å². The molecule has 37 heavy (non-hydrogen) atoms. The Morgan fingerprint density at radius 2 is 1.81 bits per heavy atom. The SMILES string of the molecule is NC1=Nc2[nH]ncc2C(N)N1C1Cc2ccccc2N(Cc2cccc(Oc3cc(Cl)cc(Cl)c3)c2)C1. The number of H-pyrrole nitrogens is 1. The zero-order valence-corrected chi connectivity index (χ0v) is 21.3. The summed E-state index contributed by atoms with van der Waals surface area (Å²) in [5.41, 5.74) is 17.4. The monoisotopic (exact) mass is 533 g/mol. The number of fused-ring (bicyclic) bond motifs is 2. The molecule has 4 aromatic rings. The van der Waals surface area contributed by atoms with Gasteiger partial charge >= 0.3 is 0 Å². The summed E-state index contributed by atoms with van der Waals surface area (Å²) >= 11 is 12.3. The molecule has 1 aromatic heterocycles. The summed E-state index contributed by atoms with van der Waals surface area (Å²) in [6, 6.07) is 21.6. The largest absolute Gasteiger partial charge is 0.457 e. The van der Waals surface area contributed by atoms with E-state index in [9.17, 15) is 0 Å². The first-order valence-corrected chi connectivity index (χ1v) is 12.7. The van der Waals surface area contributed by atoms with Gasteiger partial charge in [-0.15, -0.1) is 0 Å². The first kappa shape index (κ1) is 23.7. The van der Waals surface area contributed by atoms with Crippen molar-refractivity contribution in [1.29, 1.82) is 0 Å². The molecule has 0 amide bonds. The van der Waals surface area contributed by atoms with Gasteiger partial charge in [0.05, 0.1) is 17.8 Å². The summed E-state index contributed by atoms with van der Waals surface area (Å²) in [6.07, 6.45) is 2.10. The number of rotatable bonds is 5.